The third kappa shape index (κ3) is 3.52. The van der Waals surface area contributed by atoms with Crippen LogP contribution in [-0.4, -0.2) is 11.6 Å². The zero-order chi connectivity index (χ0) is 14.5. The van der Waals surface area contributed by atoms with Crippen LogP contribution in [0.15, 0.2) is 70.7 Å². The summed E-state index contributed by atoms with van der Waals surface area (Å²) in [7, 11) is 0. The van der Waals surface area contributed by atoms with Crippen molar-refractivity contribution in [2.45, 2.75) is 6.92 Å². The Morgan fingerprint density at radius 2 is 1.50 bits per heavy atom. The number of benzene rings is 2. The second-order valence-corrected chi connectivity index (χ2v) is 5.31. The summed E-state index contributed by atoms with van der Waals surface area (Å²) in [4.78, 5) is 24.2. The predicted octanol–water partition coefficient (Wildman–Crippen LogP) is 4.46. The van der Waals surface area contributed by atoms with E-state index in [1.165, 1.54) is 6.08 Å². The van der Waals surface area contributed by atoms with Crippen molar-refractivity contribution in [2.24, 2.45) is 0 Å². The van der Waals surface area contributed by atoms with Crippen molar-refractivity contribution >= 4 is 27.5 Å². The predicted molar refractivity (Wildman–Crippen MR) is 83.0 cm³/mol. The summed E-state index contributed by atoms with van der Waals surface area (Å²) in [5, 5.41) is 0. The lowest BCUT2D eigenvalue weighted by Crippen LogP contribution is -2.04. The third-order valence-corrected chi connectivity index (χ3v) is 3.40. The van der Waals surface area contributed by atoms with Crippen LogP contribution in [0.25, 0.3) is 0 Å². The Balaban J connectivity index is 2.20. The SMILES string of the molecule is C/C(=C/C(=O)c1ccccc1)C(=O)c1ccc(Br)cc1. The van der Waals surface area contributed by atoms with Gasteiger partial charge in [-0.1, -0.05) is 46.3 Å². The summed E-state index contributed by atoms with van der Waals surface area (Å²) in [6, 6.07) is 16.0. The summed E-state index contributed by atoms with van der Waals surface area (Å²) in [6.45, 7) is 1.66. The molecular weight excluding hydrogens is 316 g/mol. The number of halogens is 1. The van der Waals surface area contributed by atoms with Gasteiger partial charge in [-0.05, 0) is 37.3 Å². The second-order valence-electron chi connectivity index (χ2n) is 4.39. The van der Waals surface area contributed by atoms with Crippen LogP contribution < -0.4 is 0 Å². The molecule has 0 saturated heterocycles. The third-order valence-electron chi connectivity index (χ3n) is 2.87. The Morgan fingerprint density at radius 3 is 2.10 bits per heavy atom. The van der Waals surface area contributed by atoms with Crippen molar-refractivity contribution in [1.82, 2.24) is 0 Å². The Bertz CT molecular complexity index is 655. The van der Waals surface area contributed by atoms with Crippen molar-refractivity contribution in [3.05, 3.63) is 81.8 Å². The van der Waals surface area contributed by atoms with Crippen LogP contribution in [-0.2, 0) is 0 Å². The lowest BCUT2D eigenvalue weighted by atomic mass is 10.0. The molecule has 0 aromatic heterocycles. The molecule has 20 heavy (non-hydrogen) atoms. The molecule has 2 aromatic rings. The fourth-order valence-corrected chi connectivity index (χ4v) is 2.04. The van der Waals surface area contributed by atoms with E-state index in [1.54, 1.807) is 55.5 Å². The molecule has 0 atom stereocenters. The van der Waals surface area contributed by atoms with Gasteiger partial charge >= 0.3 is 0 Å². The monoisotopic (exact) mass is 328 g/mol. The van der Waals surface area contributed by atoms with E-state index in [4.69, 9.17) is 0 Å². The maximum absolute atomic E-state index is 12.2. The highest BCUT2D eigenvalue weighted by molar-refractivity contribution is 9.10. The van der Waals surface area contributed by atoms with E-state index in [1.807, 2.05) is 6.07 Å². The van der Waals surface area contributed by atoms with Crippen LogP contribution in [0.5, 0.6) is 0 Å². The van der Waals surface area contributed by atoms with Gasteiger partial charge in [0.05, 0.1) is 0 Å². The van der Waals surface area contributed by atoms with Gasteiger partial charge in [-0.3, -0.25) is 9.59 Å². The summed E-state index contributed by atoms with van der Waals surface area (Å²) in [5.41, 5.74) is 1.58. The van der Waals surface area contributed by atoms with Gasteiger partial charge in [-0.2, -0.15) is 0 Å². The maximum Gasteiger partial charge on any atom is 0.188 e. The molecule has 2 rings (SSSR count). The van der Waals surface area contributed by atoms with Gasteiger partial charge in [-0.25, -0.2) is 0 Å². The Kier molecular flexibility index (Phi) is 4.64. The van der Waals surface area contributed by atoms with Crippen LogP contribution in [0.4, 0.5) is 0 Å². The highest BCUT2D eigenvalue weighted by Crippen LogP contribution is 2.14. The molecule has 0 saturated carbocycles. The van der Waals surface area contributed by atoms with Crippen LogP contribution in [0.1, 0.15) is 27.6 Å². The van der Waals surface area contributed by atoms with Gasteiger partial charge in [0, 0.05) is 21.2 Å². The average Bonchev–Trinajstić information content (AvgIpc) is 2.48. The molecule has 0 radical (unpaired) electrons. The first-order valence-corrected chi connectivity index (χ1v) is 6.95. The quantitative estimate of drug-likeness (QED) is 0.613. The zero-order valence-electron chi connectivity index (χ0n) is 11.0. The van der Waals surface area contributed by atoms with Crippen molar-refractivity contribution in [1.29, 1.82) is 0 Å². The maximum atomic E-state index is 12.2. The van der Waals surface area contributed by atoms with E-state index in [0.717, 1.165) is 4.47 Å². The molecule has 2 aromatic carbocycles. The van der Waals surface area contributed by atoms with Gasteiger partial charge < -0.3 is 0 Å². The standard InChI is InChI=1S/C17H13BrO2/c1-12(11-16(19)13-5-3-2-4-6-13)17(20)14-7-9-15(18)10-8-14/h2-11H,1H3/b12-11-. The van der Waals surface area contributed by atoms with Crippen LogP contribution in [0, 0.1) is 0 Å². The van der Waals surface area contributed by atoms with E-state index < -0.39 is 0 Å². The summed E-state index contributed by atoms with van der Waals surface area (Å²) in [5.74, 6) is -0.296. The number of Topliss-reactive ketones (excluding diaryl/α,β-unsaturated/α-hetero) is 1. The second kappa shape index (κ2) is 6.44. The number of ketones is 2. The number of allylic oxidation sites excluding steroid dienone is 2. The molecule has 100 valence electrons. The van der Waals surface area contributed by atoms with E-state index in [9.17, 15) is 9.59 Å². The molecule has 0 aliphatic heterocycles. The smallest absolute Gasteiger partial charge is 0.188 e. The molecular formula is C17H13BrO2. The van der Waals surface area contributed by atoms with Gasteiger partial charge in [0.25, 0.3) is 0 Å². The number of carbonyl (C=O) groups excluding carboxylic acids is 2. The van der Waals surface area contributed by atoms with Gasteiger partial charge in [0.15, 0.2) is 11.6 Å². The summed E-state index contributed by atoms with van der Waals surface area (Å²) >= 11 is 3.32. The molecule has 0 aliphatic carbocycles. The lowest BCUT2D eigenvalue weighted by molar-refractivity contribution is 0.101. The Hall–Kier alpha value is -2.00. The fraction of sp³-hybridized carbons (Fsp3) is 0.0588. The van der Waals surface area contributed by atoms with Crippen molar-refractivity contribution < 1.29 is 9.59 Å². The van der Waals surface area contributed by atoms with Gasteiger partial charge in [0.1, 0.15) is 0 Å². The molecule has 0 spiro atoms. The molecule has 0 unspecified atom stereocenters. The topological polar surface area (TPSA) is 34.1 Å². The zero-order valence-corrected chi connectivity index (χ0v) is 12.6. The Labute approximate surface area is 126 Å². The highest BCUT2D eigenvalue weighted by atomic mass is 79.9. The first-order valence-electron chi connectivity index (χ1n) is 6.16. The van der Waals surface area contributed by atoms with E-state index in [0.29, 0.717) is 16.7 Å². The Morgan fingerprint density at radius 1 is 0.900 bits per heavy atom. The minimum atomic E-state index is -0.159. The number of carbonyl (C=O) groups is 2. The highest BCUT2D eigenvalue weighted by Gasteiger charge is 2.10. The molecule has 0 heterocycles. The van der Waals surface area contributed by atoms with Crippen molar-refractivity contribution in [3.8, 4) is 0 Å². The molecule has 3 heteroatoms. The normalized spacial score (nSPS) is 11.2. The average molecular weight is 329 g/mol. The molecule has 0 aliphatic rings. The number of hydrogen-bond acceptors (Lipinski definition) is 2. The number of rotatable bonds is 4. The number of hydrogen-bond donors (Lipinski definition) is 0. The summed E-state index contributed by atoms with van der Waals surface area (Å²) in [6.07, 6.45) is 1.39. The van der Waals surface area contributed by atoms with Crippen LogP contribution in [0.3, 0.4) is 0 Å². The molecule has 0 amide bonds. The molecule has 0 bridgehead atoms. The summed E-state index contributed by atoms with van der Waals surface area (Å²) < 4.78 is 0.913. The molecule has 2 nitrogen and oxygen atoms in total. The lowest BCUT2D eigenvalue weighted by Gasteiger charge is -2.02. The van der Waals surface area contributed by atoms with Crippen LogP contribution >= 0.6 is 15.9 Å². The van der Waals surface area contributed by atoms with Crippen molar-refractivity contribution in [3.63, 3.8) is 0 Å². The van der Waals surface area contributed by atoms with Crippen LogP contribution in [0.2, 0.25) is 0 Å². The fourth-order valence-electron chi connectivity index (χ4n) is 1.78. The van der Waals surface area contributed by atoms with Gasteiger partial charge in [-0.15, -0.1) is 0 Å². The minimum Gasteiger partial charge on any atom is -0.289 e. The minimum absolute atomic E-state index is 0.137. The molecule has 0 N–H and O–H groups in total. The van der Waals surface area contributed by atoms with E-state index in [-0.39, 0.29) is 11.6 Å². The molecule has 0 fully saturated rings. The van der Waals surface area contributed by atoms with Crippen molar-refractivity contribution in [2.75, 3.05) is 0 Å². The first-order chi connectivity index (χ1) is 9.58. The van der Waals surface area contributed by atoms with Gasteiger partial charge in [0.2, 0.25) is 0 Å². The largest absolute Gasteiger partial charge is 0.289 e. The van der Waals surface area contributed by atoms with E-state index >= 15 is 0 Å². The van der Waals surface area contributed by atoms with E-state index in [2.05, 4.69) is 15.9 Å². The first kappa shape index (κ1) is 14.4.